The van der Waals surface area contributed by atoms with Crippen LogP contribution in [0, 0.1) is 0 Å². The molecule has 0 aliphatic heterocycles. The zero-order valence-corrected chi connectivity index (χ0v) is 14.8. The minimum atomic E-state index is -0.0586. The fraction of sp³-hybridized carbons (Fsp3) is 0.263. The molecule has 1 N–H and O–H groups in total. The van der Waals surface area contributed by atoms with Crippen molar-refractivity contribution in [2.45, 2.75) is 19.3 Å². The second kappa shape index (κ2) is 6.65. The Bertz CT molecular complexity index is 850. The first kappa shape index (κ1) is 16.5. The third kappa shape index (κ3) is 3.15. The fourth-order valence-electron chi connectivity index (χ4n) is 2.74. The maximum Gasteiger partial charge on any atom is 0.160 e. The van der Waals surface area contributed by atoms with Crippen LogP contribution in [0.2, 0.25) is 5.15 Å². The molecule has 3 aromatic rings. The number of methoxy groups -OCH3 is 1. The minimum absolute atomic E-state index is 0.0586. The molecule has 124 valence electrons. The predicted molar refractivity (Wildman–Crippen MR) is 99.1 cm³/mol. The Morgan fingerprint density at radius 2 is 1.79 bits per heavy atom. The highest BCUT2D eigenvalue weighted by Crippen LogP contribution is 2.34. The number of hydrogen-bond donors (Lipinski definition) is 1. The largest absolute Gasteiger partial charge is 0.496 e. The van der Waals surface area contributed by atoms with Crippen LogP contribution in [0.4, 0.5) is 5.82 Å². The second-order valence-corrected chi connectivity index (χ2v) is 6.68. The number of fused-ring (bicyclic) bond motifs is 1. The molecule has 2 aromatic carbocycles. The summed E-state index contributed by atoms with van der Waals surface area (Å²) >= 11 is 6.19. The number of halogens is 1. The monoisotopic (exact) mass is 341 g/mol. The van der Waals surface area contributed by atoms with E-state index in [0.717, 1.165) is 16.5 Å². The zero-order chi connectivity index (χ0) is 17.2. The van der Waals surface area contributed by atoms with Crippen molar-refractivity contribution in [2.75, 3.05) is 19.0 Å². The number of nitrogens with one attached hydrogen (secondary N) is 1. The number of nitrogens with zero attached hydrogens (tertiary/aromatic N) is 2. The Hall–Kier alpha value is -2.33. The molecule has 0 amide bonds. The van der Waals surface area contributed by atoms with Gasteiger partial charge in [0.25, 0.3) is 0 Å². The van der Waals surface area contributed by atoms with Crippen LogP contribution < -0.4 is 10.1 Å². The highest BCUT2D eigenvalue weighted by Gasteiger charge is 2.21. The molecule has 0 fully saturated rings. The molecule has 5 heteroatoms. The zero-order valence-electron chi connectivity index (χ0n) is 14.0. The maximum atomic E-state index is 6.19. The molecular weight excluding hydrogens is 322 g/mol. The van der Waals surface area contributed by atoms with Gasteiger partial charge < -0.3 is 10.1 Å². The molecule has 0 atom stereocenters. The van der Waals surface area contributed by atoms with E-state index >= 15 is 0 Å². The third-order valence-corrected chi connectivity index (χ3v) is 4.48. The van der Waals surface area contributed by atoms with Crippen LogP contribution in [0.1, 0.15) is 19.4 Å². The molecule has 3 rings (SSSR count). The molecule has 0 saturated carbocycles. The van der Waals surface area contributed by atoms with Gasteiger partial charge in [-0.05, 0) is 11.6 Å². The van der Waals surface area contributed by atoms with E-state index in [4.69, 9.17) is 16.3 Å². The van der Waals surface area contributed by atoms with E-state index in [1.807, 2.05) is 24.3 Å². The second-order valence-electron chi connectivity index (χ2n) is 6.33. The molecule has 1 aromatic heterocycles. The molecule has 0 aliphatic rings. The lowest BCUT2D eigenvalue weighted by Gasteiger charge is -2.26. The molecule has 0 bridgehead atoms. The molecule has 0 aliphatic carbocycles. The summed E-state index contributed by atoms with van der Waals surface area (Å²) in [7, 11) is 1.64. The van der Waals surface area contributed by atoms with E-state index in [0.29, 0.717) is 17.5 Å². The summed E-state index contributed by atoms with van der Waals surface area (Å²) in [5.41, 5.74) is 1.20. The van der Waals surface area contributed by atoms with Gasteiger partial charge in [-0.15, -0.1) is 10.2 Å². The molecule has 0 radical (unpaired) electrons. The highest BCUT2D eigenvalue weighted by molar-refractivity contribution is 6.34. The molecule has 1 heterocycles. The van der Waals surface area contributed by atoms with Crippen molar-refractivity contribution in [1.82, 2.24) is 10.2 Å². The Kier molecular flexibility index (Phi) is 4.58. The topological polar surface area (TPSA) is 47.0 Å². The first-order valence-electron chi connectivity index (χ1n) is 7.81. The molecule has 0 spiro atoms. The quantitative estimate of drug-likeness (QED) is 0.731. The van der Waals surface area contributed by atoms with E-state index < -0.39 is 0 Å². The van der Waals surface area contributed by atoms with Crippen molar-refractivity contribution in [3.8, 4) is 5.75 Å². The summed E-state index contributed by atoms with van der Waals surface area (Å²) in [5.74, 6) is 1.40. The third-order valence-electron chi connectivity index (χ3n) is 4.20. The Morgan fingerprint density at radius 3 is 2.50 bits per heavy atom. The number of rotatable bonds is 5. The number of aromatic nitrogens is 2. The van der Waals surface area contributed by atoms with E-state index in [1.54, 1.807) is 7.11 Å². The normalized spacial score (nSPS) is 11.5. The number of hydrogen-bond acceptors (Lipinski definition) is 4. The lowest BCUT2D eigenvalue weighted by Crippen LogP contribution is -2.28. The maximum absolute atomic E-state index is 6.19. The van der Waals surface area contributed by atoms with E-state index in [1.165, 1.54) is 5.56 Å². The Morgan fingerprint density at radius 1 is 1.04 bits per heavy atom. The van der Waals surface area contributed by atoms with Crippen LogP contribution in [0.5, 0.6) is 5.75 Å². The summed E-state index contributed by atoms with van der Waals surface area (Å²) in [6.45, 7) is 5.09. The molecule has 0 unspecified atom stereocenters. The van der Waals surface area contributed by atoms with E-state index in [2.05, 4.69) is 53.6 Å². The van der Waals surface area contributed by atoms with Gasteiger partial charge in [0, 0.05) is 17.3 Å². The van der Waals surface area contributed by atoms with Crippen LogP contribution in [0.15, 0.2) is 48.5 Å². The minimum Gasteiger partial charge on any atom is -0.496 e. The average molecular weight is 342 g/mol. The van der Waals surface area contributed by atoms with Crippen molar-refractivity contribution in [1.29, 1.82) is 0 Å². The Labute approximate surface area is 146 Å². The number of ether oxygens (including phenoxy) is 1. The van der Waals surface area contributed by atoms with E-state index in [-0.39, 0.29) is 5.41 Å². The van der Waals surface area contributed by atoms with Crippen LogP contribution in [0.3, 0.4) is 0 Å². The number of benzene rings is 2. The summed E-state index contributed by atoms with van der Waals surface area (Å²) < 4.78 is 5.47. The van der Waals surface area contributed by atoms with Crippen LogP contribution in [-0.4, -0.2) is 23.9 Å². The highest BCUT2D eigenvalue weighted by atomic mass is 35.5. The number of anilines is 1. The summed E-state index contributed by atoms with van der Waals surface area (Å²) in [4.78, 5) is 0. The first-order chi connectivity index (χ1) is 11.5. The van der Waals surface area contributed by atoms with Gasteiger partial charge in [0.2, 0.25) is 0 Å². The van der Waals surface area contributed by atoms with Gasteiger partial charge in [0.1, 0.15) is 5.75 Å². The fourth-order valence-corrected chi connectivity index (χ4v) is 2.93. The van der Waals surface area contributed by atoms with Gasteiger partial charge in [-0.1, -0.05) is 67.9 Å². The first-order valence-corrected chi connectivity index (χ1v) is 8.19. The van der Waals surface area contributed by atoms with Gasteiger partial charge in [-0.3, -0.25) is 0 Å². The molecule has 24 heavy (non-hydrogen) atoms. The Balaban J connectivity index is 1.95. The van der Waals surface area contributed by atoms with Crippen LogP contribution >= 0.6 is 11.6 Å². The van der Waals surface area contributed by atoms with Crippen molar-refractivity contribution in [3.63, 3.8) is 0 Å². The van der Waals surface area contributed by atoms with Crippen molar-refractivity contribution in [3.05, 3.63) is 59.2 Å². The van der Waals surface area contributed by atoms with Crippen LogP contribution in [0.25, 0.3) is 10.8 Å². The lowest BCUT2D eigenvalue weighted by atomic mass is 9.84. The van der Waals surface area contributed by atoms with Crippen molar-refractivity contribution < 1.29 is 4.74 Å². The average Bonchev–Trinajstić information content (AvgIpc) is 2.61. The molecular formula is C19H20ClN3O. The molecule has 0 saturated heterocycles. The van der Waals surface area contributed by atoms with Gasteiger partial charge in [-0.25, -0.2) is 0 Å². The van der Waals surface area contributed by atoms with Gasteiger partial charge in [-0.2, -0.15) is 0 Å². The summed E-state index contributed by atoms with van der Waals surface area (Å²) in [6, 6.07) is 16.1. The van der Waals surface area contributed by atoms with Crippen LogP contribution in [-0.2, 0) is 5.41 Å². The molecule has 4 nitrogen and oxygen atoms in total. The van der Waals surface area contributed by atoms with Gasteiger partial charge in [0.05, 0.1) is 12.5 Å². The van der Waals surface area contributed by atoms with Crippen molar-refractivity contribution >= 4 is 28.2 Å². The summed E-state index contributed by atoms with van der Waals surface area (Å²) in [5, 5.41) is 13.8. The van der Waals surface area contributed by atoms with E-state index in [9.17, 15) is 0 Å². The van der Waals surface area contributed by atoms with Gasteiger partial charge in [0.15, 0.2) is 11.0 Å². The smallest absolute Gasteiger partial charge is 0.160 e. The summed E-state index contributed by atoms with van der Waals surface area (Å²) in [6.07, 6.45) is 0. The van der Waals surface area contributed by atoms with Crippen molar-refractivity contribution in [2.24, 2.45) is 0 Å². The SMILES string of the molecule is COc1cccc2c(Cl)nnc(NCC(C)(C)c3ccccc3)c12. The predicted octanol–water partition coefficient (Wildman–Crippen LogP) is 4.68. The standard InChI is InChI=1S/C19H20ClN3O/c1-19(2,13-8-5-4-6-9-13)12-21-18-16-14(17(20)22-23-18)10-7-11-15(16)24-3/h4-11H,12H2,1-3H3,(H,21,23). The van der Waals surface area contributed by atoms with Gasteiger partial charge >= 0.3 is 0 Å². The lowest BCUT2D eigenvalue weighted by molar-refractivity contribution is 0.419.